The predicted molar refractivity (Wildman–Crippen MR) is 371 cm³/mol. The molecule has 8 aromatic rings. The molecule has 0 unspecified atom stereocenters. The molecule has 0 N–H and O–H groups in total. The van der Waals surface area contributed by atoms with Crippen molar-refractivity contribution in [3.05, 3.63) is 240 Å². The summed E-state index contributed by atoms with van der Waals surface area (Å²) in [5.74, 6) is 0.849. The first-order valence-electron chi connectivity index (χ1n) is 33.9. The van der Waals surface area contributed by atoms with Crippen LogP contribution in [0, 0.1) is 0 Å². The third kappa shape index (κ3) is 16.7. The first-order chi connectivity index (χ1) is 49.0. The minimum absolute atomic E-state index is 0.0298. The lowest BCUT2D eigenvalue weighted by molar-refractivity contribution is -0.144. The maximum absolute atomic E-state index is 14.2. The van der Waals surface area contributed by atoms with Crippen molar-refractivity contribution < 1.29 is 110 Å². The fourth-order valence-corrected chi connectivity index (χ4v) is 17.5. The Balaban J connectivity index is 0.000000231. The van der Waals surface area contributed by atoms with Crippen LogP contribution < -0.4 is 37.8 Å². The van der Waals surface area contributed by atoms with Crippen molar-refractivity contribution in [2.24, 2.45) is 4.99 Å². The highest BCUT2D eigenvalue weighted by Gasteiger charge is 2.51. The summed E-state index contributed by atoms with van der Waals surface area (Å²) in [6.45, 7) is 29.9. The lowest BCUT2D eigenvalue weighted by Gasteiger charge is -2.46. The van der Waals surface area contributed by atoms with Crippen molar-refractivity contribution in [1.82, 2.24) is 0 Å². The number of hydrogen-bond donors (Lipinski definition) is 0. The number of rotatable bonds is 8. The number of alkyl halides is 24. The molecule has 1 heterocycles. The number of benzene rings is 8. The van der Waals surface area contributed by atoms with Gasteiger partial charge in [0.2, 0.25) is 5.90 Å². The Hall–Kier alpha value is -7.96. The number of hydrogen-bond acceptors (Lipinski definition) is 2. The molecule has 0 saturated carbocycles. The largest absolute Gasteiger partial charge is 0.476 e. The normalized spacial score (nSPS) is 16.5. The Morgan fingerprint density at radius 3 is 0.833 bits per heavy atom. The summed E-state index contributed by atoms with van der Waals surface area (Å²) in [7, 11) is -0.915. The van der Waals surface area contributed by atoms with Gasteiger partial charge in [0.15, 0.2) is 0 Å². The molecule has 1 aliphatic heterocycles. The topological polar surface area (TPSA) is 21.6 Å². The summed E-state index contributed by atoms with van der Waals surface area (Å²) < 4.78 is 347. The maximum Gasteiger partial charge on any atom is 0.416 e. The SMILES string of the molecule is CC(C)(C)c1cc(P(c2cc(C(C)(C)C)cc(C(C)(C)C)c2)c2cccc3c2[C@@]2(CCc4cccc(C5=NCCO5)c42)CC3)cc(C(C)(C)C)c1.FC(F)(F)c1cc([B-](c2cc(C(F)(F)F)cc(C(F)(F)F)c2)(c2cc(C(F)(F)F)cc(C(F)(F)F)c2)c2cc(C(F)(F)F)cc(C(F)(F)F)c2)cc(C(F)(F)F)c1. The summed E-state index contributed by atoms with van der Waals surface area (Å²) in [4.78, 5) is 4.88. The Kier molecular flexibility index (Phi) is 21.0. The van der Waals surface area contributed by atoms with E-state index >= 15 is 0 Å². The van der Waals surface area contributed by atoms with Crippen LogP contribution in [-0.2, 0) is 94.1 Å². The van der Waals surface area contributed by atoms with E-state index in [1.807, 2.05) is 0 Å². The van der Waals surface area contributed by atoms with Gasteiger partial charge in [-0.1, -0.05) is 198 Å². The van der Waals surface area contributed by atoms with Crippen molar-refractivity contribution >= 4 is 57.7 Å². The molecule has 28 heteroatoms. The predicted octanol–water partition coefficient (Wildman–Crippen LogP) is 21.8. The first-order valence-corrected chi connectivity index (χ1v) is 35.3. The zero-order valence-electron chi connectivity index (χ0n) is 60.1. The van der Waals surface area contributed by atoms with Gasteiger partial charge in [0, 0.05) is 11.0 Å². The third-order valence-electron chi connectivity index (χ3n) is 20.2. The molecular formula is C80H72BF24NOP-. The van der Waals surface area contributed by atoms with Gasteiger partial charge in [-0.25, -0.2) is 4.99 Å². The van der Waals surface area contributed by atoms with Gasteiger partial charge in [0.25, 0.3) is 0 Å². The maximum atomic E-state index is 14.2. The second-order valence-electron chi connectivity index (χ2n) is 31.9. The van der Waals surface area contributed by atoms with Crippen molar-refractivity contribution in [2.75, 3.05) is 13.2 Å². The zero-order valence-corrected chi connectivity index (χ0v) is 60.9. The van der Waals surface area contributed by atoms with Crippen LogP contribution in [0.4, 0.5) is 105 Å². The van der Waals surface area contributed by atoms with E-state index in [1.54, 1.807) is 5.56 Å². The molecule has 108 heavy (non-hydrogen) atoms. The number of nitrogens with zero attached hydrogens (tertiary/aromatic N) is 1. The molecule has 2 aliphatic carbocycles. The number of ether oxygens (including phenoxy) is 1. The molecule has 8 aromatic carbocycles. The number of halogens is 24. The molecule has 0 fully saturated rings. The first kappa shape index (κ1) is 82.5. The average Bonchev–Trinajstić information content (AvgIpc) is 1.35. The van der Waals surface area contributed by atoms with E-state index in [-0.39, 0.29) is 27.1 Å². The lowest BCUT2D eigenvalue weighted by atomic mass is 9.12. The van der Waals surface area contributed by atoms with Crippen LogP contribution in [0.1, 0.15) is 191 Å². The minimum Gasteiger partial charge on any atom is -0.476 e. The van der Waals surface area contributed by atoms with Gasteiger partial charge in [0.1, 0.15) is 12.8 Å². The summed E-state index contributed by atoms with van der Waals surface area (Å²) in [5, 5.41) is 4.48. The van der Waals surface area contributed by atoms with Crippen molar-refractivity contribution in [3.8, 4) is 0 Å². The van der Waals surface area contributed by atoms with Crippen LogP contribution in [0.2, 0.25) is 0 Å². The zero-order chi connectivity index (χ0) is 80.6. The third-order valence-corrected chi connectivity index (χ3v) is 22.6. The molecule has 1 spiro atoms. The minimum atomic E-state index is -6.13. The smallest absolute Gasteiger partial charge is 0.416 e. The van der Waals surface area contributed by atoms with E-state index in [2.05, 4.69) is 156 Å². The fourth-order valence-electron chi connectivity index (χ4n) is 14.7. The molecule has 0 aromatic heterocycles. The summed E-state index contributed by atoms with van der Waals surface area (Å²) in [6, 6.07) is 20.7. The average molecular weight is 1560 g/mol. The summed E-state index contributed by atoms with van der Waals surface area (Å²) in [6.07, 6.45) is -50.3. The molecule has 2 nitrogen and oxygen atoms in total. The van der Waals surface area contributed by atoms with Gasteiger partial charge in [-0.3, -0.25) is 0 Å². The van der Waals surface area contributed by atoms with E-state index in [4.69, 9.17) is 9.73 Å². The van der Waals surface area contributed by atoms with E-state index < -0.39 is 203 Å². The van der Waals surface area contributed by atoms with Gasteiger partial charge < -0.3 is 4.74 Å². The highest BCUT2D eigenvalue weighted by Crippen LogP contribution is 2.56. The molecule has 1 atom stereocenters. The van der Waals surface area contributed by atoms with Gasteiger partial charge in [-0.2, -0.15) is 127 Å². The molecular weight excluding hydrogens is 1490 g/mol. The van der Waals surface area contributed by atoms with E-state index in [9.17, 15) is 105 Å². The summed E-state index contributed by atoms with van der Waals surface area (Å²) in [5.41, 5.74) is -17.1. The molecule has 0 saturated heterocycles. The van der Waals surface area contributed by atoms with Crippen LogP contribution in [0.5, 0.6) is 0 Å². The van der Waals surface area contributed by atoms with E-state index in [0.717, 1.165) is 38.1 Å². The molecule has 11 rings (SSSR count). The monoisotopic (exact) mass is 1560 g/mol. The standard InChI is InChI=1S/C48H60NOP.C32H12BF24/c1-44(2,3)33-25-34(45(4,5)6)28-37(27-33)51(38-29-35(46(7,8)9)26-36(30-38)47(10,11)12)40-18-14-16-32-20-22-48(42(32)40)21-19-31-15-13-17-39(41(31)48)43-49-23-24-50-43;34-25(35,36)13-1-14(26(37,38)39)6-21(5-13)33(22-7-15(27(40,41)42)2-16(8-22)28(43,44)45,23-9-17(29(46,47)48)3-18(10-23)30(49,50)51)24-11-19(31(52,53)54)4-20(12-24)32(55,56)57/h13-18,25-30H,19-24H2,1-12H3;1-12H/q;-1/t48-;/m0./s1. The lowest BCUT2D eigenvalue weighted by Crippen LogP contribution is -2.75. The van der Waals surface area contributed by atoms with Gasteiger partial charge >= 0.3 is 49.4 Å². The van der Waals surface area contributed by atoms with Crippen LogP contribution in [-0.4, -0.2) is 25.2 Å². The van der Waals surface area contributed by atoms with E-state index in [1.165, 1.54) is 60.4 Å². The molecule has 3 aliphatic rings. The Morgan fingerprint density at radius 2 is 0.583 bits per heavy atom. The number of aryl methyl sites for hydroxylation is 2. The Morgan fingerprint density at radius 1 is 0.324 bits per heavy atom. The fraction of sp³-hybridized carbons (Fsp3) is 0.388. The van der Waals surface area contributed by atoms with Crippen LogP contribution in [0.15, 0.2) is 151 Å². The van der Waals surface area contributed by atoms with Crippen molar-refractivity contribution in [1.29, 1.82) is 0 Å². The quantitative estimate of drug-likeness (QED) is 0.0844. The van der Waals surface area contributed by atoms with Crippen LogP contribution in [0.3, 0.4) is 0 Å². The number of fused-ring (bicyclic) bond motifs is 4. The second-order valence-corrected chi connectivity index (χ2v) is 34.0. The van der Waals surface area contributed by atoms with Gasteiger partial charge in [-0.15, -0.1) is 0 Å². The van der Waals surface area contributed by atoms with Crippen LogP contribution in [0.25, 0.3) is 0 Å². The molecule has 0 amide bonds. The van der Waals surface area contributed by atoms with Crippen LogP contribution >= 0.6 is 7.92 Å². The van der Waals surface area contributed by atoms with Gasteiger partial charge in [0.05, 0.1) is 51.1 Å². The Bertz CT molecular complexity index is 4210. The number of aliphatic imine (C=N–C) groups is 1. The highest BCUT2D eigenvalue weighted by molar-refractivity contribution is 7.80. The van der Waals surface area contributed by atoms with Gasteiger partial charge in [-0.05, 0) is 146 Å². The molecule has 580 valence electrons. The summed E-state index contributed by atoms with van der Waals surface area (Å²) >= 11 is 0. The van der Waals surface area contributed by atoms with Crippen molar-refractivity contribution in [3.63, 3.8) is 0 Å². The van der Waals surface area contributed by atoms with E-state index in [0.29, 0.717) is 6.61 Å². The second kappa shape index (κ2) is 27.5. The Labute approximate surface area is 609 Å². The molecule has 0 radical (unpaired) electrons. The highest BCUT2D eigenvalue weighted by atomic mass is 31.1. The molecule has 0 bridgehead atoms. The van der Waals surface area contributed by atoms with Crippen molar-refractivity contribution in [2.45, 2.75) is 185 Å².